The van der Waals surface area contributed by atoms with Gasteiger partial charge in [0.1, 0.15) is 17.3 Å². The molecular weight excluding hydrogens is 476 g/mol. The fourth-order valence-electron chi connectivity index (χ4n) is 3.75. The summed E-state index contributed by atoms with van der Waals surface area (Å²) in [4.78, 5) is 27.4. The van der Waals surface area contributed by atoms with E-state index in [9.17, 15) is 9.59 Å². The predicted octanol–water partition coefficient (Wildman–Crippen LogP) is 3.95. The highest BCUT2D eigenvalue weighted by Crippen LogP contribution is 2.36. The Morgan fingerprint density at radius 3 is 2.69 bits per heavy atom. The van der Waals surface area contributed by atoms with E-state index >= 15 is 0 Å². The number of nitrogens with one attached hydrogen (secondary N) is 1. The third-order valence-corrected chi connectivity index (χ3v) is 5.80. The number of rotatable bonds is 6. The number of hydrogen-bond acceptors (Lipinski definition) is 5. The molecule has 2 amide bonds. The first-order valence-electron chi connectivity index (χ1n) is 10.1. The van der Waals surface area contributed by atoms with E-state index in [1.807, 2.05) is 31.2 Å². The van der Waals surface area contributed by atoms with Crippen molar-refractivity contribution in [3.05, 3.63) is 58.7 Å². The molecule has 0 saturated carbocycles. The lowest BCUT2D eigenvalue weighted by molar-refractivity contribution is -0.122. The molecule has 8 nitrogen and oxygen atoms in total. The summed E-state index contributed by atoms with van der Waals surface area (Å²) in [7, 11) is 3.10. The second-order valence-electron chi connectivity index (χ2n) is 7.50. The maximum atomic E-state index is 13.1. The summed E-state index contributed by atoms with van der Waals surface area (Å²) >= 11 is 3.46. The van der Waals surface area contributed by atoms with Gasteiger partial charge >= 0.3 is 0 Å². The smallest absolute Gasteiger partial charge is 0.230 e. The standard InChI is InChI=1S/C23H23BrN4O4/c1-14-9-21(28(26-14)17-6-4-5-16(24)11-17)25-23(30)15-10-22(29)27(13-15)19-12-18(31-2)7-8-20(19)32-3/h4-9,11-12,15H,10,13H2,1-3H3,(H,25,30). The zero-order valence-electron chi connectivity index (χ0n) is 18.0. The van der Waals surface area contributed by atoms with Gasteiger partial charge in [-0.15, -0.1) is 0 Å². The van der Waals surface area contributed by atoms with E-state index in [4.69, 9.17) is 9.47 Å². The first-order valence-corrected chi connectivity index (χ1v) is 10.8. The highest BCUT2D eigenvalue weighted by molar-refractivity contribution is 9.10. The Hall–Kier alpha value is -3.33. The summed E-state index contributed by atoms with van der Waals surface area (Å²) in [6.45, 7) is 2.11. The zero-order valence-corrected chi connectivity index (χ0v) is 19.5. The number of carbonyl (C=O) groups is 2. The summed E-state index contributed by atoms with van der Waals surface area (Å²) in [5, 5.41) is 7.44. The third-order valence-electron chi connectivity index (χ3n) is 5.31. The van der Waals surface area contributed by atoms with Crippen LogP contribution < -0.4 is 19.7 Å². The number of methoxy groups -OCH3 is 2. The average Bonchev–Trinajstić information content (AvgIpc) is 3.35. The van der Waals surface area contributed by atoms with E-state index in [-0.39, 0.29) is 24.8 Å². The van der Waals surface area contributed by atoms with Gasteiger partial charge in [-0.3, -0.25) is 9.59 Å². The molecule has 1 aromatic heterocycles. The van der Waals surface area contributed by atoms with Crippen LogP contribution in [0.25, 0.3) is 5.69 Å². The number of aryl methyl sites for hydroxylation is 1. The summed E-state index contributed by atoms with van der Waals surface area (Å²) in [6.07, 6.45) is 0.107. The molecule has 2 aromatic carbocycles. The molecule has 9 heteroatoms. The van der Waals surface area contributed by atoms with Gasteiger partial charge in [0.05, 0.1) is 37.2 Å². The van der Waals surface area contributed by atoms with E-state index in [1.54, 1.807) is 48.1 Å². The molecule has 3 aromatic rings. The van der Waals surface area contributed by atoms with Crippen LogP contribution in [0.4, 0.5) is 11.5 Å². The summed E-state index contributed by atoms with van der Waals surface area (Å²) in [5.74, 6) is 0.811. The molecule has 166 valence electrons. The van der Waals surface area contributed by atoms with Crippen molar-refractivity contribution >= 4 is 39.2 Å². The van der Waals surface area contributed by atoms with Crippen LogP contribution in [-0.4, -0.2) is 42.4 Å². The topological polar surface area (TPSA) is 85.7 Å². The second kappa shape index (κ2) is 9.04. The Morgan fingerprint density at radius 2 is 1.97 bits per heavy atom. The molecular formula is C23H23BrN4O4. The Labute approximate surface area is 194 Å². The fourth-order valence-corrected chi connectivity index (χ4v) is 4.13. The van der Waals surface area contributed by atoms with Crippen LogP contribution in [0.3, 0.4) is 0 Å². The predicted molar refractivity (Wildman–Crippen MR) is 125 cm³/mol. The lowest BCUT2D eigenvalue weighted by atomic mass is 10.1. The minimum atomic E-state index is -0.510. The second-order valence-corrected chi connectivity index (χ2v) is 8.41. The SMILES string of the molecule is COc1ccc(OC)c(N2CC(C(=O)Nc3cc(C)nn3-c3cccc(Br)c3)CC2=O)c1. The number of hydrogen-bond donors (Lipinski definition) is 1. The Bertz CT molecular complexity index is 1180. The third kappa shape index (κ3) is 4.34. The number of benzene rings is 2. The van der Waals surface area contributed by atoms with Crippen LogP contribution in [0.2, 0.25) is 0 Å². The zero-order chi connectivity index (χ0) is 22.8. The van der Waals surface area contributed by atoms with Crippen LogP contribution in [0.1, 0.15) is 12.1 Å². The van der Waals surface area contributed by atoms with Crippen molar-refractivity contribution in [1.82, 2.24) is 9.78 Å². The maximum Gasteiger partial charge on any atom is 0.230 e. The van der Waals surface area contributed by atoms with Crippen molar-refractivity contribution in [2.24, 2.45) is 5.92 Å². The Morgan fingerprint density at radius 1 is 1.16 bits per heavy atom. The maximum absolute atomic E-state index is 13.1. The van der Waals surface area contributed by atoms with Gasteiger partial charge in [0.15, 0.2) is 0 Å². The van der Waals surface area contributed by atoms with Gasteiger partial charge < -0.3 is 19.7 Å². The van der Waals surface area contributed by atoms with E-state index < -0.39 is 5.92 Å². The van der Waals surface area contributed by atoms with Gasteiger partial charge in [-0.05, 0) is 37.3 Å². The van der Waals surface area contributed by atoms with Crippen LogP contribution in [0, 0.1) is 12.8 Å². The largest absolute Gasteiger partial charge is 0.497 e. The molecule has 0 aliphatic carbocycles. The van der Waals surface area contributed by atoms with Gasteiger partial charge in [0.2, 0.25) is 11.8 Å². The number of ether oxygens (including phenoxy) is 2. The van der Waals surface area contributed by atoms with Gasteiger partial charge in [-0.2, -0.15) is 5.10 Å². The lowest BCUT2D eigenvalue weighted by Gasteiger charge is -2.20. The minimum Gasteiger partial charge on any atom is -0.497 e. The number of nitrogens with zero attached hydrogens (tertiary/aromatic N) is 3. The molecule has 1 fully saturated rings. The molecule has 4 rings (SSSR count). The number of amides is 2. The Balaban J connectivity index is 1.55. The van der Waals surface area contributed by atoms with E-state index in [1.165, 1.54) is 0 Å². The number of aromatic nitrogens is 2. The van der Waals surface area contributed by atoms with Gasteiger partial charge in [-0.25, -0.2) is 4.68 Å². The molecule has 0 spiro atoms. The van der Waals surface area contributed by atoms with E-state index in [0.717, 1.165) is 15.9 Å². The van der Waals surface area contributed by atoms with Gasteiger partial charge in [0, 0.05) is 29.6 Å². The number of carbonyl (C=O) groups excluding carboxylic acids is 2. The number of anilines is 2. The average molecular weight is 499 g/mol. The molecule has 2 heterocycles. The minimum absolute atomic E-state index is 0.107. The van der Waals surface area contributed by atoms with Crippen molar-refractivity contribution in [3.8, 4) is 17.2 Å². The van der Waals surface area contributed by atoms with Gasteiger partial charge in [0.25, 0.3) is 0 Å². The molecule has 0 radical (unpaired) electrons. The van der Waals surface area contributed by atoms with Crippen molar-refractivity contribution in [1.29, 1.82) is 0 Å². The van der Waals surface area contributed by atoms with Crippen LogP contribution >= 0.6 is 15.9 Å². The number of halogens is 1. The first kappa shape index (κ1) is 21.9. The van der Waals surface area contributed by atoms with Crippen molar-refractivity contribution in [3.63, 3.8) is 0 Å². The summed E-state index contributed by atoms with van der Waals surface area (Å²) in [6, 6.07) is 14.7. The molecule has 1 unspecified atom stereocenters. The first-order chi connectivity index (χ1) is 15.4. The molecule has 1 aliphatic rings. The molecule has 1 aliphatic heterocycles. The van der Waals surface area contributed by atoms with Crippen molar-refractivity contribution in [2.75, 3.05) is 31.0 Å². The lowest BCUT2D eigenvalue weighted by Crippen LogP contribution is -2.29. The van der Waals surface area contributed by atoms with Gasteiger partial charge in [-0.1, -0.05) is 22.0 Å². The molecule has 32 heavy (non-hydrogen) atoms. The van der Waals surface area contributed by atoms with Crippen LogP contribution in [0.5, 0.6) is 11.5 Å². The summed E-state index contributed by atoms with van der Waals surface area (Å²) in [5.41, 5.74) is 2.17. The highest BCUT2D eigenvalue weighted by atomic mass is 79.9. The van der Waals surface area contributed by atoms with Crippen molar-refractivity contribution in [2.45, 2.75) is 13.3 Å². The summed E-state index contributed by atoms with van der Waals surface area (Å²) < 4.78 is 13.3. The molecule has 0 bridgehead atoms. The monoisotopic (exact) mass is 498 g/mol. The van der Waals surface area contributed by atoms with Crippen LogP contribution in [-0.2, 0) is 9.59 Å². The molecule has 1 saturated heterocycles. The quantitative estimate of drug-likeness (QED) is 0.555. The van der Waals surface area contributed by atoms with Crippen molar-refractivity contribution < 1.29 is 19.1 Å². The highest BCUT2D eigenvalue weighted by Gasteiger charge is 2.37. The Kier molecular flexibility index (Phi) is 6.18. The normalized spacial score (nSPS) is 15.7. The van der Waals surface area contributed by atoms with E-state index in [0.29, 0.717) is 23.0 Å². The molecule has 1 N–H and O–H groups in total. The molecule has 1 atom stereocenters. The van der Waals surface area contributed by atoms with Crippen LogP contribution in [0.15, 0.2) is 53.0 Å². The fraction of sp³-hybridized carbons (Fsp3) is 0.261. The van der Waals surface area contributed by atoms with E-state index in [2.05, 4.69) is 26.3 Å².